The highest BCUT2D eigenvalue weighted by molar-refractivity contribution is 7.99. The van der Waals surface area contributed by atoms with Crippen LogP contribution in [0.3, 0.4) is 0 Å². The predicted octanol–water partition coefficient (Wildman–Crippen LogP) is 5.65. The summed E-state index contributed by atoms with van der Waals surface area (Å²) < 4.78 is 60.5. The number of nitrogens with zero attached hydrogens (tertiary/aromatic N) is 4. The first-order valence-corrected chi connectivity index (χ1v) is 12.9. The highest BCUT2D eigenvalue weighted by Gasteiger charge is 2.58. The third-order valence-electron chi connectivity index (χ3n) is 7.66. The normalized spacial score (nSPS) is 25.2. The molecule has 0 bridgehead atoms. The van der Waals surface area contributed by atoms with E-state index in [9.17, 15) is 17.6 Å². The molecule has 0 N–H and O–H groups in total. The summed E-state index contributed by atoms with van der Waals surface area (Å²) in [5.74, 6) is 1.71. The van der Waals surface area contributed by atoms with Gasteiger partial charge in [-0.1, -0.05) is 17.8 Å². The number of aromatic nitrogens is 3. The Morgan fingerprint density at radius 1 is 1.20 bits per heavy atom. The maximum atomic E-state index is 14.4. The Bertz CT molecular complexity index is 1030. The van der Waals surface area contributed by atoms with Gasteiger partial charge in [-0.05, 0) is 74.2 Å². The molecule has 5 nitrogen and oxygen atoms in total. The average molecular weight is 535 g/mol. The van der Waals surface area contributed by atoms with Gasteiger partial charge in [0.1, 0.15) is 11.6 Å². The highest BCUT2D eigenvalue weighted by Crippen LogP contribution is 2.64. The minimum absolute atomic E-state index is 0. The molecule has 35 heavy (non-hydrogen) atoms. The molecule has 194 valence electrons. The Morgan fingerprint density at radius 3 is 2.69 bits per heavy atom. The molecule has 11 heteroatoms. The van der Waals surface area contributed by atoms with E-state index in [4.69, 9.17) is 4.74 Å². The molecule has 2 aliphatic heterocycles. The van der Waals surface area contributed by atoms with Crippen LogP contribution in [0.4, 0.5) is 17.6 Å². The lowest BCUT2D eigenvalue weighted by atomic mass is 9.97. The number of thioether (sulfide) groups is 1. The Balaban J connectivity index is 0.00000289. The van der Waals surface area contributed by atoms with E-state index in [1.54, 1.807) is 11.8 Å². The molecule has 0 radical (unpaired) electrons. The Kier molecular flexibility index (Phi) is 8.05. The van der Waals surface area contributed by atoms with Crippen molar-refractivity contribution in [1.29, 1.82) is 0 Å². The second-order valence-electron chi connectivity index (χ2n) is 9.87. The lowest BCUT2D eigenvalue weighted by molar-refractivity contribution is -0.137. The second-order valence-corrected chi connectivity index (χ2v) is 10.9. The van der Waals surface area contributed by atoms with Crippen molar-refractivity contribution >= 4 is 24.2 Å². The molecular weight excluding hydrogens is 504 g/mol. The summed E-state index contributed by atoms with van der Waals surface area (Å²) in [4.78, 5) is 2.41. The van der Waals surface area contributed by atoms with Crippen LogP contribution >= 0.6 is 24.2 Å². The van der Waals surface area contributed by atoms with Crippen LogP contribution in [0.15, 0.2) is 23.4 Å². The molecule has 3 heterocycles. The number of likely N-dealkylation sites (tertiary alicyclic amines) is 1. The summed E-state index contributed by atoms with van der Waals surface area (Å²) in [5, 5.41) is 9.74. The molecule has 2 atom stereocenters. The van der Waals surface area contributed by atoms with Gasteiger partial charge in [0, 0.05) is 38.5 Å². The van der Waals surface area contributed by atoms with Crippen LogP contribution in [0, 0.1) is 11.2 Å². The zero-order valence-electron chi connectivity index (χ0n) is 19.7. The van der Waals surface area contributed by atoms with Crippen LogP contribution < -0.4 is 0 Å². The van der Waals surface area contributed by atoms with Gasteiger partial charge in [0.05, 0.1) is 5.56 Å². The van der Waals surface area contributed by atoms with Crippen LogP contribution in [0.2, 0.25) is 0 Å². The number of ether oxygens (including phenoxy) is 1. The monoisotopic (exact) mass is 534 g/mol. The highest BCUT2D eigenvalue weighted by atomic mass is 35.5. The van der Waals surface area contributed by atoms with E-state index < -0.39 is 17.6 Å². The topological polar surface area (TPSA) is 43.2 Å². The molecule has 1 aliphatic carbocycles. The van der Waals surface area contributed by atoms with Crippen LogP contribution in [-0.2, 0) is 18.0 Å². The summed E-state index contributed by atoms with van der Waals surface area (Å²) in [6.07, 6.45) is 0.312. The van der Waals surface area contributed by atoms with Crippen LogP contribution in [0.25, 0.3) is 0 Å². The fraction of sp³-hybridized carbons (Fsp3) is 0.667. The zero-order valence-corrected chi connectivity index (χ0v) is 21.3. The molecule has 1 spiro atoms. The zero-order chi connectivity index (χ0) is 23.9. The van der Waals surface area contributed by atoms with Crippen LogP contribution in [0.5, 0.6) is 0 Å². The molecule has 1 aromatic heterocycles. The number of hydrogen-bond acceptors (Lipinski definition) is 5. The predicted molar refractivity (Wildman–Crippen MR) is 129 cm³/mol. The molecule has 1 aromatic carbocycles. The van der Waals surface area contributed by atoms with Gasteiger partial charge in [-0.25, -0.2) is 4.39 Å². The van der Waals surface area contributed by atoms with Crippen molar-refractivity contribution in [1.82, 2.24) is 19.7 Å². The molecule has 0 unspecified atom stereocenters. The molecule has 2 saturated heterocycles. The van der Waals surface area contributed by atoms with Crippen molar-refractivity contribution < 1.29 is 22.3 Å². The lowest BCUT2D eigenvalue weighted by Gasteiger charge is -2.21. The summed E-state index contributed by atoms with van der Waals surface area (Å²) in [7, 11) is 2.03. The SMILES string of the molecule is Cl.Cn1c(SCCCN2CC[C@@]3(C[C@@H]3c3ccc(C(F)(F)F)cc3F)C2)nnc1C1CCOCC1. The van der Waals surface area contributed by atoms with Crippen molar-refractivity contribution in [3.8, 4) is 0 Å². The third-order valence-corrected chi connectivity index (χ3v) is 8.77. The van der Waals surface area contributed by atoms with Crippen LogP contribution in [0.1, 0.15) is 60.9 Å². The van der Waals surface area contributed by atoms with E-state index >= 15 is 0 Å². The minimum atomic E-state index is -4.51. The maximum Gasteiger partial charge on any atom is 0.416 e. The summed E-state index contributed by atoms with van der Waals surface area (Å²) in [5.41, 5.74) is -0.458. The van der Waals surface area contributed by atoms with Crippen molar-refractivity contribution in [3.05, 3.63) is 41.0 Å². The van der Waals surface area contributed by atoms with E-state index in [0.29, 0.717) is 17.5 Å². The fourth-order valence-corrected chi connectivity index (χ4v) is 6.46. The van der Waals surface area contributed by atoms with Gasteiger partial charge in [0.25, 0.3) is 0 Å². The standard InChI is InChI=1S/C24H30F4N4OS.ClH/c1-31-21(16-5-10-33-11-6-16)29-30-22(31)34-12-2-8-32-9-7-23(15-32)14-19(23)18-4-3-17(13-20(18)25)24(26,27)28;/h3-4,13,16,19H,2,5-12,14-15H2,1H3;1H/t19-,23-;/m1./s1. The van der Waals surface area contributed by atoms with Gasteiger partial charge in [-0.3, -0.25) is 0 Å². The third kappa shape index (κ3) is 5.65. The number of hydrogen-bond donors (Lipinski definition) is 0. The molecular formula is C24H31ClF4N4OS. The maximum absolute atomic E-state index is 14.4. The van der Waals surface area contributed by atoms with Crippen molar-refractivity contribution in [3.63, 3.8) is 0 Å². The van der Waals surface area contributed by atoms with E-state index in [1.807, 2.05) is 7.05 Å². The minimum Gasteiger partial charge on any atom is -0.381 e. The van der Waals surface area contributed by atoms with E-state index in [2.05, 4.69) is 19.7 Å². The lowest BCUT2D eigenvalue weighted by Crippen LogP contribution is -2.23. The number of halogens is 5. The van der Waals surface area contributed by atoms with Gasteiger partial charge in [-0.2, -0.15) is 13.2 Å². The first-order valence-electron chi connectivity index (χ1n) is 12.0. The summed E-state index contributed by atoms with van der Waals surface area (Å²) >= 11 is 1.72. The van der Waals surface area contributed by atoms with Crippen LogP contribution in [-0.4, -0.2) is 58.3 Å². The van der Waals surface area contributed by atoms with Gasteiger partial charge >= 0.3 is 6.18 Å². The number of benzene rings is 1. The molecule has 5 rings (SSSR count). The average Bonchev–Trinajstić information content (AvgIpc) is 3.14. The molecule has 0 amide bonds. The summed E-state index contributed by atoms with van der Waals surface area (Å²) in [6.45, 7) is 4.37. The second kappa shape index (κ2) is 10.6. The van der Waals surface area contributed by atoms with E-state index in [-0.39, 0.29) is 23.7 Å². The van der Waals surface area contributed by atoms with Gasteiger partial charge in [-0.15, -0.1) is 22.6 Å². The van der Waals surface area contributed by atoms with E-state index in [1.165, 1.54) is 6.07 Å². The van der Waals surface area contributed by atoms with Gasteiger partial charge < -0.3 is 14.2 Å². The molecule has 2 aromatic rings. The quantitative estimate of drug-likeness (QED) is 0.261. The van der Waals surface area contributed by atoms with Crippen molar-refractivity contribution in [2.24, 2.45) is 12.5 Å². The van der Waals surface area contributed by atoms with Gasteiger partial charge in [0.15, 0.2) is 5.16 Å². The smallest absolute Gasteiger partial charge is 0.381 e. The first-order chi connectivity index (χ1) is 16.3. The Morgan fingerprint density at radius 2 is 1.97 bits per heavy atom. The largest absolute Gasteiger partial charge is 0.416 e. The van der Waals surface area contributed by atoms with Gasteiger partial charge in [0.2, 0.25) is 0 Å². The van der Waals surface area contributed by atoms with E-state index in [0.717, 1.165) is 87.8 Å². The molecule has 3 fully saturated rings. The molecule has 3 aliphatic rings. The Hall–Kier alpha value is -1.36. The first kappa shape index (κ1) is 26.7. The number of rotatable bonds is 7. The van der Waals surface area contributed by atoms with Crippen molar-refractivity contribution in [2.75, 3.05) is 38.6 Å². The molecule has 1 saturated carbocycles. The number of alkyl halides is 3. The van der Waals surface area contributed by atoms with Crippen molar-refractivity contribution in [2.45, 2.75) is 55.3 Å². The Labute approximate surface area is 213 Å². The fourth-order valence-electron chi connectivity index (χ4n) is 5.61. The summed E-state index contributed by atoms with van der Waals surface area (Å²) in [6, 6.07) is 2.99.